The zero-order valence-electron chi connectivity index (χ0n) is 8.81. The van der Waals surface area contributed by atoms with Gasteiger partial charge in [-0.2, -0.15) is 13.2 Å². The molecule has 0 aliphatic heterocycles. The first-order chi connectivity index (χ1) is 7.46. The summed E-state index contributed by atoms with van der Waals surface area (Å²) in [5, 5.41) is 4.51. The molecular weight excluding hydrogens is 221 g/mol. The molecule has 2 N–H and O–H groups in total. The van der Waals surface area contributed by atoms with Gasteiger partial charge < -0.3 is 10.6 Å². The van der Waals surface area contributed by atoms with Gasteiger partial charge in [0, 0.05) is 6.04 Å². The number of urea groups is 1. The van der Waals surface area contributed by atoms with E-state index in [9.17, 15) is 18.0 Å². The van der Waals surface area contributed by atoms with Gasteiger partial charge in [0.05, 0.1) is 0 Å². The highest BCUT2D eigenvalue weighted by molar-refractivity contribution is 5.74. The van der Waals surface area contributed by atoms with Crippen LogP contribution in [-0.2, 0) is 0 Å². The molecule has 2 fully saturated rings. The lowest BCUT2D eigenvalue weighted by atomic mass is 10.1. The van der Waals surface area contributed by atoms with Crippen LogP contribution >= 0.6 is 0 Å². The summed E-state index contributed by atoms with van der Waals surface area (Å²) in [5.41, 5.74) is 0. The van der Waals surface area contributed by atoms with Crippen molar-refractivity contribution in [1.82, 2.24) is 10.6 Å². The molecule has 2 aliphatic rings. The third-order valence-corrected chi connectivity index (χ3v) is 3.01. The van der Waals surface area contributed by atoms with E-state index in [-0.39, 0.29) is 6.04 Å². The Kier molecular flexibility index (Phi) is 2.99. The Hall–Kier alpha value is -0.940. The third kappa shape index (κ3) is 3.57. The van der Waals surface area contributed by atoms with Gasteiger partial charge in [0.1, 0.15) is 6.54 Å². The molecule has 2 rings (SSSR count). The number of hydrogen-bond acceptors (Lipinski definition) is 1. The second-order valence-corrected chi connectivity index (χ2v) is 4.64. The maximum atomic E-state index is 11.9. The summed E-state index contributed by atoms with van der Waals surface area (Å²) in [5.74, 6) is 0.980. The van der Waals surface area contributed by atoms with E-state index in [1.165, 1.54) is 0 Å². The van der Waals surface area contributed by atoms with Crippen molar-refractivity contribution in [2.24, 2.45) is 11.8 Å². The van der Waals surface area contributed by atoms with E-state index in [1.54, 1.807) is 0 Å². The van der Waals surface area contributed by atoms with Gasteiger partial charge in [0.25, 0.3) is 0 Å². The number of halogens is 3. The highest BCUT2D eigenvalue weighted by Crippen LogP contribution is 2.44. The monoisotopic (exact) mass is 236 g/mol. The number of hydrogen-bond donors (Lipinski definition) is 2. The number of carbonyl (C=O) groups is 1. The molecule has 0 aromatic heterocycles. The summed E-state index contributed by atoms with van der Waals surface area (Å²) in [4.78, 5) is 11.2. The molecule has 0 bridgehead atoms. The first-order valence-corrected chi connectivity index (χ1v) is 5.57. The molecule has 0 aromatic carbocycles. The summed E-state index contributed by atoms with van der Waals surface area (Å²) in [6.45, 7) is -1.26. The number of nitrogens with one attached hydrogen (secondary N) is 2. The Balaban J connectivity index is 1.72. The Morgan fingerprint density at radius 1 is 1.19 bits per heavy atom. The zero-order valence-corrected chi connectivity index (χ0v) is 8.81. The molecule has 0 radical (unpaired) electrons. The van der Waals surface area contributed by atoms with Crippen LogP contribution < -0.4 is 10.6 Å². The van der Waals surface area contributed by atoms with Crippen LogP contribution in [0.5, 0.6) is 0 Å². The highest BCUT2D eigenvalue weighted by Gasteiger charge is 2.42. The zero-order chi connectivity index (χ0) is 11.8. The summed E-state index contributed by atoms with van der Waals surface area (Å²) < 4.78 is 35.6. The van der Waals surface area contributed by atoms with Crippen molar-refractivity contribution in [3.63, 3.8) is 0 Å². The molecule has 6 heteroatoms. The molecule has 2 aliphatic carbocycles. The minimum Gasteiger partial charge on any atom is -0.335 e. The molecule has 0 spiro atoms. The van der Waals surface area contributed by atoms with Gasteiger partial charge in [-0.1, -0.05) is 0 Å². The lowest BCUT2D eigenvalue weighted by Gasteiger charge is -2.18. The van der Waals surface area contributed by atoms with E-state index in [1.807, 2.05) is 5.32 Å². The second-order valence-electron chi connectivity index (χ2n) is 4.64. The van der Waals surface area contributed by atoms with Crippen molar-refractivity contribution >= 4 is 6.03 Å². The first kappa shape index (κ1) is 11.5. The summed E-state index contributed by atoms with van der Waals surface area (Å²) in [6, 6.07) is -0.602. The SMILES string of the molecule is O=C(NCC(F)(F)F)NC(C1CC1)C1CC1. The normalized spacial score (nSPS) is 21.0. The lowest BCUT2D eigenvalue weighted by molar-refractivity contribution is -0.122. The average molecular weight is 236 g/mol. The third-order valence-electron chi connectivity index (χ3n) is 3.01. The van der Waals surface area contributed by atoms with Gasteiger partial charge in [-0.05, 0) is 37.5 Å². The van der Waals surface area contributed by atoms with Gasteiger partial charge in [-0.15, -0.1) is 0 Å². The van der Waals surface area contributed by atoms with Crippen molar-refractivity contribution in [3.05, 3.63) is 0 Å². The molecular formula is C10H15F3N2O. The van der Waals surface area contributed by atoms with Crippen molar-refractivity contribution in [2.75, 3.05) is 6.54 Å². The van der Waals surface area contributed by atoms with Crippen LogP contribution in [0.1, 0.15) is 25.7 Å². The molecule has 0 heterocycles. The van der Waals surface area contributed by atoms with Crippen LogP contribution in [0.2, 0.25) is 0 Å². The molecule has 16 heavy (non-hydrogen) atoms. The van der Waals surface area contributed by atoms with E-state index in [4.69, 9.17) is 0 Å². The molecule has 3 nitrogen and oxygen atoms in total. The van der Waals surface area contributed by atoms with Crippen LogP contribution in [-0.4, -0.2) is 24.8 Å². The topological polar surface area (TPSA) is 41.1 Å². The van der Waals surface area contributed by atoms with Gasteiger partial charge >= 0.3 is 12.2 Å². The Morgan fingerprint density at radius 3 is 2.06 bits per heavy atom. The fourth-order valence-corrected chi connectivity index (χ4v) is 1.91. The smallest absolute Gasteiger partial charge is 0.335 e. The van der Waals surface area contributed by atoms with Crippen molar-refractivity contribution in [2.45, 2.75) is 37.9 Å². The maximum absolute atomic E-state index is 11.9. The Morgan fingerprint density at radius 2 is 1.69 bits per heavy atom. The fourth-order valence-electron chi connectivity index (χ4n) is 1.91. The van der Waals surface area contributed by atoms with Crippen LogP contribution in [0.3, 0.4) is 0 Å². The minimum absolute atomic E-state index is 0.0910. The molecule has 0 unspecified atom stereocenters. The predicted octanol–water partition coefficient (Wildman–Crippen LogP) is 2.04. The molecule has 92 valence electrons. The number of amides is 2. The van der Waals surface area contributed by atoms with Crippen LogP contribution in [0.15, 0.2) is 0 Å². The van der Waals surface area contributed by atoms with Gasteiger partial charge in [-0.3, -0.25) is 0 Å². The largest absolute Gasteiger partial charge is 0.405 e. The van der Waals surface area contributed by atoms with Crippen LogP contribution in [0, 0.1) is 11.8 Å². The van der Waals surface area contributed by atoms with E-state index >= 15 is 0 Å². The number of carbonyl (C=O) groups excluding carboxylic acids is 1. The predicted molar refractivity (Wildman–Crippen MR) is 51.8 cm³/mol. The second kappa shape index (κ2) is 4.14. The van der Waals surface area contributed by atoms with Crippen molar-refractivity contribution in [1.29, 1.82) is 0 Å². The first-order valence-electron chi connectivity index (χ1n) is 5.57. The summed E-state index contributed by atoms with van der Waals surface area (Å²) in [6.07, 6.45) is -0.00509. The summed E-state index contributed by atoms with van der Waals surface area (Å²) >= 11 is 0. The minimum atomic E-state index is -4.34. The van der Waals surface area contributed by atoms with Crippen LogP contribution in [0.25, 0.3) is 0 Å². The van der Waals surface area contributed by atoms with Gasteiger partial charge in [0.2, 0.25) is 0 Å². The van der Waals surface area contributed by atoms with Crippen molar-refractivity contribution in [3.8, 4) is 0 Å². The van der Waals surface area contributed by atoms with Crippen LogP contribution in [0.4, 0.5) is 18.0 Å². The van der Waals surface area contributed by atoms with E-state index in [0.717, 1.165) is 25.7 Å². The van der Waals surface area contributed by atoms with Gasteiger partial charge in [0.15, 0.2) is 0 Å². The number of alkyl halides is 3. The standard InChI is InChI=1S/C10H15F3N2O/c11-10(12,13)5-14-9(16)15-8(6-1-2-6)7-3-4-7/h6-8H,1-5H2,(H2,14,15,16). The molecule has 2 amide bonds. The molecule has 0 atom stereocenters. The highest BCUT2D eigenvalue weighted by atomic mass is 19.4. The van der Waals surface area contributed by atoms with E-state index in [0.29, 0.717) is 11.8 Å². The van der Waals surface area contributed by atoms with E-state index in [2.05, 4.69) is 5.32 Å². The Bertz CT molecular complexity index is 260. The number of rotatable bonds is 4. The molecule has 0 aromatic rings. The Labute approximate surface area is 91.8 Å². The summed E-state index contributed by atoms with van der Waals surface area (Å²) in [7, 11) is 0. The average Bonchev–Trinajstić information content (AvgIpc) is 3.00. The van der Waals surface area contributed by atoms with Crippen molar-refractivity contribution < 1.29 is 18.0 Å². The fraction of sp³-hybridized carbons (Fsp3) is 0.900. The molecule has 2 saturated carbocycles. The van der Waals surface area contributed by atoms with E-state index < -0.39 is 18.8 Å². The maximum Gasteiger partial charge on any atom is 0.405 e. The quantitative estimate of drug-likeness (QED) is 0.770. The molecule has 0 saturated heterocycles. The lowest BCUT2D eigenvalue weighted by Crippen LogP contribution is -2.46. The van der Waals surface area contributed by atoms with Gasteiger partial charge in [-0.25, -0.2) is 4.79 Å².